The Morgan fingerprint density at radius 2 is 1.50 bits per heavy atom. The molecule has 0 bridgehead atoms. The Balaban J connectivity index is 1.89. The number of rotatable bonds is 11. The van der Waals surface area contributed by atoms with Crippen LogP contribution < -0.4 is 0 Å². The van der Waals surface area contributed by atoms with E-state index in [0.717, 1.165) is 61.1 Å². The van der Waals surface area contributed by atoms with Crippen LogP contribution in [0.3, 0.4) is 0 Å². The van der Waals surface area contributed by atoms with Crippen molar-refractivity contribution in [3.05, 3.63) is 53.6 Å². The Hall–Kier alpha value is -2.34. The quantitative estimate of drug-likeness (QED) is 0.308. The molecular weight excluding hydrogens is 411 g/mol. The normalized spacial score (nSPS) is 12.2. The molecule has 1 aromatic heterocycles. The van der Waals surface area contributed by atoms with E-state index in [0.29, 0.717) is 5.52 Å². The number of benzene rings is 2. The number of imidazole rings is 1. The maximum atomic E-state index is 13.2. The van der Waals surface area contributed by atoms with Gasteiger partial charge in [-0.25, -0.2) is 4.98 Å². The fourth-order valence-electron chi connectivity index (χ4n) is 4.01. The first-order chi connectivity index (χ1) is 15.3. The summed E-state index contributed by atoms with van der Waals surface area (Å²) in [6, 6.07) is 11.9. The molecule has 0 saturated heterocycles. The molecular formula is C26H34F3N3. The molecule has 3 aromatic rings. The van der Waals surface area contributed by atoms with Crippen LogP contribution in [0.5, 0.6) is 0 Å². The summed E-state index contributed by atoms with van der Waals surface area (Å²) in [5, 5.41) is 0. The summed E-state index contributed by atoms with van der Waals surface area (Å²) in [7, 11) is 0. The summed E-state index contributed by atoms with van der Waals surface area (Å²) in [6.07, 6.45) is 1.28. The molecule has 0 radical (unpaired) electrons. The zero-order valence-corrected chi connectivity index (χ0v) is 19.4. The zero-order chi connectivity index (χ0) is 23.1. The Bertz CT molecular complexity index is 982. The van der Waals surface area contributed by atoms with Gasteiger partial charge in [-0.1, -0.05) is 56.5 Å². The van der Waals surface area contributed by atoms with Gasteiger partial charge in [0.25, 0.3) is 0 Å². The summed E-state index contributed by atoms with van der Waals surface area (Å²) < 4.78 is 41.8. The maximum Gasteiger partial charge on any atom is 0.416 e. The van der Waals surface area contributed by atoms with Crippen LogP contribution >= 0.6 is 0 Å². The molecule has 174 valence electrons. The number of unbranched alkanes of at least 4 members (excludes halogenated alkanes) is 2. The lowest BCUT2D eigenvalue weighted by atomic mass is 10.1. The van der Waals surface area contributed by atoms with E-state index >= 15 is 0 Å². The van der Waals surface area contributed by atoms with Crippen LogP contribution in [0.1, 0.15) is 57.1 Å². The Morgan fingerprint density at radius 1 is 0.875 bits per heavy atom. The summed E-state index contributed by atoms with van der Waals surface area (Å²) >= 11 is 0. The van der Waals surface area contributed by atoms with E-state index in [1.807, 2.05) is 31.2 Å². The predicted octanol–water partition coefficient (Wildman–Crippen LogP) is 7.32. The van der Waals surface area contributed by atoms with E-state index in [1.165, 1.54) is 31.7 Å². The van der Waals surface area contributed by atoms with Crippen molar-refractivity contribution >= 4 is 11.0 Å². The zero-order valence-electron chi connectivity index (χ0n) is 19.4. The van der Waals surface area contributed by atoms with E-state index in [4.69, 9.17) is 0 Å². The van der Waals surface area contributed by atoms with Gasteiger partial charge < -0.3 is 9.47 Å². The van der Waals surface area contributed by atoms with E-state index < -0.39 is 11.7 Å². The molecule has 0 saturated carbocycles. The number of aryl methyl sites for hydroxylation is 2. The minimum atomic E-state index is -4.37. The fraction of sp³-hybridized carbons (Fsp3) is 0.500. The van der Waals surface area contributed by atoms with Crippen LogP contribution in [-0.4, -0.2) is 34.1 Å². The largest absolute Gasteiger partial charge is 0.416 e. The van der Waals surface area contributed by atoms with Crippen molar-refractivity contribution in [1.82, 2.24) is 14.5 Å². The molecule has 0 aliphatic carbocycles. The summed E-state index contributed by atoms with van der Waals surface area (Å²) in [6.45, 7) is 10.3. The van der Waals surface area contributed by atoms with Crippen LogP contribution in [0.2, 0.25) is 0 Å². The first-order valence-electron chi connectivity index (χ1n) is 11.7. The molecule has 2 aromatic carbocycles. The number of hydrogen-bond donors (Lipinski definition) is 0. The van der Waals surface area contributed by atoms with Crippen molar-refractivity contribution in [3.8, 4) is 11.4 Å². The minimum Gasteiger partial charge on any atom is -0.324 e. The van der Waals surface area contributed by atoms with Crippen LogP contribution in [0.4, 0.5) is 13.2 Å². The second-order valence-corrected chi connectivity index (χ2v) is 8.56. The molecule has 0 unspecified atom stereocenters. The molecule has 0 atom stereocenters. The Labute approximate surface area is 189 Å². The van der Waals surface area contributed by atoms with Gasteiger partial charge in [-0.2, -0.15) is 13.2 Å². The van der Waals surface area contributed by atoms with Crippen LogP contribution in [0.15, 0.2) is 42.5 Å². The molecule has 0 aliphatic rings. The minimum absolute atomic E-state index is 0.393. The molecule has 6 heteroatoms. The third kappa shape index (κ3) is 6.12. The molecule has 32 heavy (non-hydrogen) atoms. The van der Waals surface area contributed by atoms with E-state index in [1.54, 1.807) is 6.07 Å². The van der Waals surface area contributed by atoms with Gasteiger partial charge in [0.2, 0.25) is 0 Å². The first-order valence-corrected chi connectivity index (χ1v) is 11.7. The van der Waals surface area contributed by atoms with Gasteiger partial charge in [-0.05, 0) is 64.0 Å². The third-order valence-corrected chi connectivity index (χ3v) is 5.90. The number of hydrogen-bond acceptors (Lipinski definition) is 2. The van der Waals surface area contributed by atoms with Crippen molar-refractivity contribution in [2.75, 3.05) is 19.6 Å². The topological polar surface area (TPSA) is 21.1 Å². The van der Waals surface area contributed by atoms with Gasteiger partial charge in [-0.3, -0.25) is 0 Å². The number of alkyl halides is 3. The average molecular weight is 446 g/mol. The van der Waals surface area contributed by atoms with Crippen molar-refractivity contribution in [2.45, 2.75) is 65.6 Å². The SMILES string of the molecule is CCCCN(CCCC)CCCn1c(-c2ccc(C)cc2)nc2cc(C(F)(F)F)ccc21. The number of aromatic nitrogens is 2. The Morgan fingerprint density at radius 3 is 2.09 bits per heavy atom. The lowest BCUT2D eigenvalue weighted by Gasteiger charge is -2.22. The highest BCUT2D eigenvalue weighted by Crippen LogP contribution is 2.33. The average Bonchev–Trinajstić information content (AvgIpc) is 3.13. The highest BCUT2D eigenvalue weighted by molar-refractivity contribution is 5.81. The number of halogens is 3. The van der Waals surface area contributed by atoms with Crippen LogP contribution in [-0.2, 0) is 12.7 Å². The summed E-state index contributed by atoms with van der Waals surface area (Å²) in [4.78, 5) is 7.15. The van der Waals surface area contributed by atoms with Crippen LogP contribution in [0, 0.1) is 6.92 Å². The Kier molecular flexibility index (Phi) is 8.35. The maximum absolute atomic E-state index is 13.2. The van der Waals surface area contributed by atoms with Crippen molar-refractivity contribution in [1.29, 1.82) is 0 Å². The molecule has 1 heterocycles. The number of nitrogens with zero attached hydrogens (tertiary/aromatic N) is 3. The highest BCUT2D eigenvalue weighted by Gasteiger charge is 2.31. The lowest BCUT2D eigenvalue weighted by Crippen LogP contribution is -2.28. The van der Waals surface area contributed by atoms with Crippen molar-refractivity contribution in [2.24, 2.45) is 0 Å². The van der Waals surface area contributed by atoms with Gasteiger partial charge in [0.05, 0.1) is 16.6 Å². The first kappa shape index (κ1) is 24.3. The second kappa shape index (κ2) is 11.0. The lowest BCUT2D eigenvalue weighted by molar-refractivity contribution is -0.137. The second-order valence-electron chi connectivity index (χ2n) is 8.56. The van der Waals surface area contributed by atoms with E-state index in [9.17, 15) is 13.2 Å². The monoisotopic (exact) mass is 445 g/mol. The van der Waals surface area contributed by atoms with Gasteiger partial charge in [-0.15, -0.1) is 0 Å². The molecule has 0 spiro atoms. The standard InChI is InChI=1S/C26H34F3N3/c1-4-6-15-31(16-7-5-2)17-8-18-32-24-14-13-22(26(27,28)29)19-23(24)30-25(32)21-11-9-20(3)10-12-21/h9-14,19H,4-8,15-18H2,1-3H3. The molecule has 3 nitrogen and oxygen atoms in total. The van der Waals surface area contributed by atoms with Gasteiger partial charge in [0.1, 0.15) is 5.82 Å². The number of fused-ring (bicyclic) bond motifs is 1. The van der Waals surface area contributed by atoms with Crippen molar-refractivity contribution < 1.29 is 13.2 Å². The van der Waals surface area contributed by atoms with Crippen LogP contribution in [0.25, 0.3) is 22.4 Å². The third-order valence-electron chi connectivity index (χ3n) is 5.90. The van der Waals surface area contributed by atoms with Gasteiger partial charge in [0, 0.05) is 12.1 Å². The van der Waals surface area contributed by atoms with Crippen molar-refractivity contribution in [3.63, 3.8) is 0 Å². The fourth-order valence-corrected chi connectivity index (χ4v) is 4.01. The van der Waals surface area contributed by atoms with Gasteiger partial charge >= 0.3 is 6.18 Å². The highest BCUT2D eigenvalue weighted by atomic mass is 19.4. The smallest absolute Gasteiger partial charge is 0.324 e. The van der Waals surface area contributed by atoms with Gasteiger partial charge in [0.15, 0.2) is 0 Å². The summed E-state index contributed by atoms with van der Waals surface area (Å²) in [5.41, 5.74) is 2.55. The van der Waals surface area contributed by atoms with E-state index in [-0.39, 0.29) is 0 Å². The molecule has 0 N–H and O–H groups in total. The molecule has 0 amide bonds. The molecule has 3 rings (SSSR count). The predicted molar refractivity (Wildman–Crippen MR) is 126 cm³/mol. The van der Waals surface area contributed by atoms with E-state index in [2.05, 4.69) is 28.3 Å². The molecule has 0 fully saturated rings. The summed E-state index contributed by atoms with van der Waals surface area (Å²) in [5.74, 6) is 0.730. The molecule has 0 aliphatic heterocycles.